The highest BCUT2D eigenvalue weighted by Gasteiger charge is 2.05. The molecule has 0 N–H and O–H groups in total. The smallest absolute Gasteiger partial charge is 0.152 e. The molecule has 0 aromatic heterocycles. The van der Waals surface area contributed by atoms with Crippen molar-refractivity contribution in [2.75, 3.05) is 0 Å². The summed E-state index contributed by atoms with van der Waals surface area (Å²) in [6.45, 7) is 1.54. The summed E-state index contributed by atoms with van der Waals surface area (Å²) in [7, 11) is 0. The van der Waals surface area contributed by atoms with Crippen molar-refractivity contribution in [2.24, 2.45) is 0 Å². The molecule has 2 heteroatoms. The molecule has 1 unspecified atom stereocenters. The van der Waals surface area contributed by atoms with Crippen LogP contribution in [0.15, 0.2) is 24.5 Å². The molecule has 0 saturated heterocycles. The molecule has 1 aliphatic heterocycles. The summed E-state index contributed by atoms with van der Waals surface area (Å²) >= 11 is 0. The zero-order valence-corrected chi connectivity index (χ0v) is 6.62. The van der Waals surface area contributed by atoms with Gasteiger partial charge < -0.3 is 4.74 Å². The van der Waals surface area contributed by atoms with E-state index in [-0.39, 0.29) is 11.9 Å². The Bertz CT molecular complexity index is 192. The zero-order valence-electron chi connectivity index (χ0n) is 6.62. The Morgan fingerprint density at radius 3 is 3.09 bits per heavy atom. The van der Waals surface area contributed by atoms with Gasteiger partial charge in [-0.3, -0.25) is 4.79 Å². The van der Waals surface area contributed by atoms with Crippen molar-refractivity contribution in [3.63, 3.8) is 0 Å². The van der Waals surface area contributed by atoms with Gasteiger partial charge in [0, 0.05) is 0 Å². The molecule has 0 spiro atoms. The van der Waals surface area contributed by atoms with Gasteiger partial charge >= 0.3 is 0 Å². The second kappa shape index (κ2) is 3.96. The highest BCUT2D eigenvalue weighted by Crippen LogP contribution is 2.10. The first kappa shape index (κ1) is 8.05. The van der Waals surface area contributed by atoms with E-state index in [2.05, 4.69) is 0 Å². The van der Waals surface area contributed by atoms with Crippen LogP contribution in [0.1, 0.15) is 19.8 Å². The van der Waals surface area contributed by atoms with Gasteiger partial charge in [0.15, 0.2) is 5.78 Å². The van der Waals surface area contributed by atoms with Crippen molar-refractivity contribution >= 4 is 5.78 Å². The molecule has 0 saturated carbocycles. The van der Waals surface area contributed by atoms with Crippen LogP contribution in [0.5, 0.6) is 0 Å². The van der Waals surface area contributed by atoms with Crippen molar-refractivity contribution in [2.45, 2.75) is 25.9 Å². The largest absolute Gasteiger partial charge is 0.494 e. The van der Waals surface area contributed by atoms with Crippen molar-refractivity contribution in [3.05, 3.63) is 24.5 Å². The van der Waals surface area contributed by atoms with E-state index in [1.807, 2.05) is 12.2 Å². The van der Waals surface area contributed by atoms with E-state index in [9.17, 15) is 4.79 Å². The van der Waals surface area contributed by atoms with Crippen LogP contribution in [0.25, 0.3) is 0 Å². The third kappa shape index (κ3) is 3.03. The van der Waals surface area contributed by atoms with Crippen molar-refractivity contribution < 1.29 is 9.53 Å². The summed E-state index contributed by atoms with van der Waals surface area (Å²) in [4.78, 5) is 10.5. The molecule has 0 amide bonds. The van der Waals surface area contributed by atoms with Gasteiger partial charge in [-0.2, -0.15) is 0 Å². The summed E-state index contributed by atoms with van der Waals surface area (Å²) in [5.74, 6) is 0.0724. The lowest BCUT2D eigenvalue weighted by molar-refractivity contribution is -0.112. The predicted molar refractivity (Wildman–Crippen MR) is 43.1 cm³/mol. The first-order valence-corrected chi connectivity index (χ1v) is 3.78. The maximum Gasteiger partial charge on any atom is 0.152 e. The average Bonchev–Trinajstić information content (AvgIpc) is 2.03. The number of ether oxygens (including phenoxy) is 1. The lowest BCUT2D eigenvalue weighted by atomic mass is 10.1. The second-order valence-electron chi connectivity index (χ2n) is 2.59. The van der Waals surface area contributed by atoms with Crippen LogP contribution in [-0.2, 0) is 9.53 Å². The van der Waals surface area contributed by atoms with Gasteiger partial charge in [-0.25, -0.2) is 0 Å². The molecule has 0 bridgehead atoms. The van der Waals surface area contributed by atoms with Gasteiger partial charge in [0.25, 0.3) is 0 Å². The maximum atomic E-state index is 10.5. The molecule has 0 aromatic rings. The molecule has 1 rings (SSSR count). The van der Waals surface area contributed by atoms with Crippen LogP contribution < -0.4 is 0 Å². The Hall–Kier alpha value is -1.05. The number of rotatable bonds is 2. The molecule has 0 aromatic carbocycles. The number of hydrogen-bond donors (Lipinski definition) is 0. The fourth-order valence-corrected chi connectivity index (χ4v) is 0.937. The summed E-state index contributed by atoms with van der Waals surface area (Å²) < 4.78 is 5.21. The van der Waals surface area contributed by atoms with Gasteiger partial charge in [-0.15, -0.1) is 0 Å². The van der Waals surface area contributed by atoms with E-state index >= 15 is 0 Å². The molecular weight excluding hydrogens is 140 g/mol. The average molecular weight is 152 g/mol. The molecule has 60 valence electrons. The number of allylic oxidation sites excluding steroid dienone is 2. The predicted octanol–water partition coefficient (Wildman–Crippen LogP) is 1.82. The first-order valence-electron chi connectivity index (χ1n) is 3.78. The fourth-order valence-electron chi connectivity index (χ4n) is 0.937. The summed E-state index contributed by atoms with van der Waals surface area (Å²) in [6, 6.07) is 0. The van der Waals surface area contributed by atoms with E-state index in [1.54, 1.807) is 12.3 Å². The molecular formula is C9H12O2. The van der Waals surface area contributed by atoms with Crippen LogP contribution in [0.3, 0.4) is 0 Å². The molecule has 11 heavy (non-hydrogen) atoms. The zero-order chi connectivity index (χ0) is 8.10. The lowest BCUT2D eigenvalue weighted by Gasteiger charge is -2.14. The van der Waals surface area contributed by atoms with E-state index < -0.39 is 0 Å². The molecule has 0 fully saturated rings. The van der Waals surface area contributed by atoms with Gasteiger partial charge in [0.05, 0.1) is 6.26 Å². The minimum absolute atomic E-state index is 0.0724. The molecule has 0 radical (unpaired) electrons. The third-order valence-corrected chi connectivity index (χ3v) is 1.51. The quantitative estimate of drug-likeness (QED) is 0.564. The Morgan fingerprint density at radius 2 is 2.55 bits per heavy atom. The Balaban J connectivity index is 2.37. The molecule has 1 heterocycles. The van der Waals surface area contributed by atoms with E-state index in [0.29, 0.717) is 0 Å². The number of hydrogen-bond acceptors (Lipinski definition) is 2. The Kier molecular flexibility index (Phi) is 2.90. The van der Waals surface area contributed by atoms with E-state index in [1.165, 1.54) is 6.92 Å². The number of ketones is 1. The number of carbonyl (C=O) groups excluding carboxylic acids is 1. The van der Waals surface area contributed by atoms with E-state index in [4.69, 9.17) is 4.74 Å². The van der Waals surface area contributed by atoms with Gasteiger partial charge in [-0.1, -0.05) is 0 Å². The molecule has 2 nitrogen and oxygen atoms in total. The van der Waals surface area contributed by atoms with Crippen LogP contribution in [0, 0.1) is 0 Å². The van der Waals surface area contributed by atoms with Crippen LogP contribution in [0.2, 0.25) is 0 Å². The highest BCUT2D eigenvalue weighted by atomic mass is 16.5. The Labute approximate surface area is 66.5 Å². The lowest BCUT2D eigenvalue weighted by Crippen LogP contribution is -2.08. The monoisotopic (exact) mass is 152 g/mol. The summed E-state index contributed by atoms with van der Waals surface area (Å²) in [5.41, 5.74) is 0. The van der Waals surface area contributed by atoms with Crippen LogP contribution in [0.4, 0.5) is 0 Å². The fraction of sp³-hybridized carbons (Fsp3) is 0.444. The normalized spacial score (nSPS) is 23.5. The minimum atomic E-state index is 0.0724. The van der Waals surface area contributed by atoms with Crippen molar-refractivity contribution in [3.8, 4) is 0 Å². The first-order chi connectivity index (χ1) is 5.29. The highest BCUT2D eigenvalue weighted by molar-refractivity contribution is 5.87. The minimum Gasteiger partial charge on any atom is -0.494 e. The topological polar surface area (TPSA) is 26.3 Å². The summed E-state index contributed by atoms with van der Waals surface area (Å²) in [6.07, 6.45) is 9.16. The summed E-state index contributed by atoms with van der Waals surface area (Å²) in [5, 5.41) is 0. The SMILES string of the molecule is CC(=O)C=CC1CCC=CO1. The van der Waals surface area contributed by atoms with Gasteiger partial charge in [-0.05, 0) is 38.0 Å². The Morgan fingerprint density at radius 1 is 1.73 bits per heavy atom. The van der Waals surface area contributed by atoms with Gasteiger partial charge in [0.1, 0.15) is 6.10 Å². The molecule has 0 aliphatic carbocycles. The van der Waals surface area contributed by atoms with Crippen LogP contribution >= 0.6 is 0 Å². The number of carbonyl (C=O) groups is 1. The third-order valence-electron chi connectivity index (χ3n) is 1.51. The van der Waals surface area contributed by atoms with Crippen molar-refractivity contribution in [1.82, 2.24) is 0 Å². The van der Waals surface area contributed by atoms with E-state index in [0.717, 1.165) is 12.8 Å². The molecule has 1 aliphatic rings. The van der Waals surface area contributed by atoms with Crippen molar-refractivity contribution in [1.29, 1.82) is 0 Å². The van der Waals surface area contributed by atoms with Crippen LogP contribution in [-0.4, -0.2) is 11.9 Å². The standard InChI is InChI=1S/C9H12O2/c1-8(10)5-6-9-4-2-3-7-11-9/h3,5-7,9H,2,4H2,1H3. The maximum absolute atomic E-state index is 10.5. The van der Waals surface area contributed by atoms with Gasteiger partial charge in [0.2, 0.25) is 0 Å². The second-order valence-corrected chi connectivity index (χ2v) is 2.59. The molecule has 1 atom stereocenters.